The fourth-order valence-corrected chi connectivity index (χ4v) is 2.98. The molecule has 0 saturated heterocycles. The SMILES string of the molecule is CP(CCBr)C(C)(C)C. The third-order valence-electron chi connectivity index (χ3n) is 1.57. The summed E-state index contributed by atoms with van der Waals surface area (Å²) >= 11 is 3.46. The molecule has 0 aromatic heterocycles. The molecule has 0 aromatic rings. The van der Waals surface area contributed by atoms with Crippen molar-refractivity contribution in [2.45, 2.75) is 25.9 Å². The highest BCUT2D eigenvalue weighted by Gasteiger charge is 2.17. The van der Waals surface area contributed by atoms with E-state index in [0.29, 0.717) is 5.16 Å². The monoisotopic (exact) mass is 210 g/mol. The highest BCUT2D eigenvalue weighted by atomic mass is 79.9. The molecule has 0 aliphatic carbocycles. The van der Waals surface area contributed by atoms with Crippen LogP contribution in [-0.2, 0) is 0 Å². The van der Waals surface area contributed by atoms with E-state index in [1.165, 1.54) is 6.16 Å². The number of rotatable bonds is 2. The van der Waals surface area contributed by atoms with Gasteiger partial charge in [-0.2, -0.15) is 0 Å². The van der Waals surface area contributed by atoms with Crippen molar-refractivity contribution in [1.29, 1.82) is 0 Å². The Labute approximate surface area is 68.3 Å². The molecule has 0 spiro atoms. The number of halogens is 1. The van der Waals surface area contributed by atoms with E-state index in [9.17, 15) is 0 Å². The molecule has 0 aromatic carbocycles. The maximum absolute atomic E-state index is 3.46. The van der Waals surface area contributed by atoms with Gasteiger partial charge in [-0.05, 0) is 18.0 Å². The molecule has 0 rings (SSSR count). The summed E-state index contributed by atoms with van der Waals surface area (Å²) in [6, 6.07) is 0. The van der Waals surface area contributed by atoms with E-state index in [-0.39, 0.29) is 7.92 Å². The lowest BCUT2D eigenvalue weighted by atomic mass is 10.3. The lowest BCUT2D eigenvalue weighted by Crippen LogP contribution is -2.12. The maximum atomic E-state index is 3.46. The van der Waals surface area contributed by atoms with Crippen LogP contribution in [-0.4, -0.2) is 23.3 Å². The van der Waals surface area contributed by atoms with Gasteiger partial charge in [-0.1, -0.05) is 36.7 Å². The molecule has 0 aliphatic heterocycles. The Hall–Kier alpha value is 0.910. The molecular weight excluding hydrogens is 195 g/mol. The fourth-order valence-electron chi connectivity index (χ4n) is 0.462. The van der Waals surface area contributed by atoms with Crippen LogP contribution in [0.3, 0.4) is 0 Å². The second-order valence-corrected chi connectivity index (χ2v) is 7.26. The van der Waals surface area contributed by atoms with E-state index in [0.717, 1.165) is 5.33 Å². The second kappa shape index (κ2) is 3.93. The van der Waals surface area contributed by atoms with Crippen molar-refractivity contribution < 1.29 is 0 Å². The summed E-state index contributed by atoms with van der Waals surface area (Å²) in [5.74, 6) is 0. The minimum Gasteiger partial charge on any atom is -0.104 e. The van der Waals surface area contributed by atoms with Gasteiger partial charge < -0.3 is 0 Å². The van der Waals surface area contributed by atoms with Gasteiger partial charge in [0.15, 0.2) is 0 Å². The van der Waals surface area contributed by atoms with Crippen molar-refractivity contribution >= 4 is 23.9 Å². The standard InChI is InChI=1S/C7H16BrP/c1-7(2,3)9(4)6-5-8/h5-6H2,1-4H3. The summed E-state index contributed by atoms with van der Waals surface area (Å²) in [6.45, 7) is 9.33. The van der Waals surface area contributed by atoms with Crippen LogP contribution in [0.1, 0.15) is 20.8 Å². The highest BCUT2D eigenvalue weighted by Crippen LogP contribution is 2.45. The number of hydrogen-bond acceptors (Lipinski definition) is 0. The zero-order valence-electron chi connectivity index (χ0n) is 6.74. The Bertz CT molecular complexity index is 75.5. The smallest absolute Gasteiger partial charge is 0.00707 e. The van der Waals surface area contributed by atoms with E-state index >= 15 is 0 Å². The summed E-state index contributed by atoms with van der Waals surface area (Å²) in [5, 5.41) is 1.70. The molecule has 0 bridgehead atoms. The first-order valence-corrected chi connectivity index (χ1v) is 6.35. The van der Waals surface area contributed by atoms with E-state index in [4.69, 9.17) is 0 Å². The van der Waals surface area contributed by atoms with Crippen LogP contribution in [0.15, 0.2) is 0 Å². The molecular formula is C7H16BrP. The van der Waals surface area contributed by atoms with Crippen LogP contribution in [0.25, 0.3) is 0 Å². The molecule has 0 N–H and O–H groups in total. The fraction of sp³-hybridized carbons (Fsp3) is 1.00. The van der Waals surface area contributed by atoms with Crippen LogP contribution in [0.2, 0.25) is 0 Å². The van der Waals surface area contributed by atoms with Crippen molar-refractivity contribution in [2.75, 3.05) is 18.2 Å². The summed E-state index contributed by atoms with van der Waals surface area (Å²) < 4.78 is 0. The van der Waals surface area contributed by atoms with Gasteiger partial charge in [0.2, 0.25) is 0 Å². The second-order valence-electron chi connectivity index (χ2n) is 3.28. The van der Waals surface area contributed by atoms with Gasteiger partial charge in [-0.25, -0.2) is 0 Å². The first-order valence-electron chi connectivity index (χ1n) is 3.25. The molecule has 1 unspecified atom stereocenters. The van der Waals surface area contributed by atoms with Gasteiger partial charge in [0.25, 0.3) is 0 Å². The molecule has 9 heavy (non-hydrogen) atoms. The van der Waals surface area contributed by atoms with Crippen molar-refractivity contribution in [2.24, 2.45) is 0 Å². The number of hydrogen-bond donors (Lipinski definition) is 0. The highest BCUT2D eigenvalue weighted by molar-refractivity contribution is 9.09. The Morgan fingerprint density at radius 3 is 1.89 bits per heavy atom. The average Bonchev–Trinajstić information content (AvgIpc) is 1.64. The minimum atomic E-state index is 0.231. The van der Waals surface area contributed by atoms with E-state index < -0.39 is 0 Å². The van der Waals surface area contributed by atoms with Gasteiger partial charge in [0.05, 0.1) is 0 Å². The topological polar surface area (TPSA) is 0 Å². The summed E-state index contributed by atoms with van der Waals surface area (Å²) in [4.78, 5) is 0. The first-order chi connectivity index (χ1) is 3.98. The third-order valence-corrected chi connectivity index (χ3v) is 5.76. The van der Waals surface area contributed by atoms with Crippen molar-refractivity contribution in [3.8, 4) is 0 Å². The van der Waals surface area contributed by atoms with Crippen LogP contribution in [0, 0.1) is 0 Å². The number of alkyl halides is 1. The van der Waals surface area contributed by atoms with Crippen LogP contribution < -0.4 is 0 Å². The van der Waals surface area contributed by atoms with Crippen LogP contribution >= 0.6 is 23.9 Å². The molecule has 1 atom stereocenters. The van der Waals surface area contributed by atoms with Crippen molar-refractivity contribution in [1.82, 2.24) is 0 Å². The lowest BCUT2D eigenvalue weighted by molar-refractivity contribution is 0.785. The largest absolute Gasteiger partial charge is 0.104 e. The van der Waals surface area contributed by atoms with Crippen LogP contribution in [0.5, 0.6) is 0 Å². The zero-order chi connectivity index (χ0) is 7.49. The average molecular weight is 211 g/mol. The Balaban J connectivity index is 3.59. The normalized spacial score (nSPS) is 15.7. The molecule has 0 fully saturated rings. The van der Waals surface area contributed by atoms with E-state index in [2.05, 4.69) is 43.4 Å². The summed E-state index contributed by atoms with van der Waals surface area (Å²) in [7, 11) is 0.231. The summed E-state index contributed by atoms with van der Waals surface area (Å²) in [6.07, 6.45) is 1.35. The Kier molecular flexibility index (Phi) is 4.33. The zero-order valence-corrected chi connectivity index (χ0v) is 9.22. The molecule has 2 heteroatoms. The van der Waals surface area contributed by atoms with Gasteiger partial charge >= 0.3 is 0 Å². The predicted octanol–water partition coefficient (Wildman–Crippen LogP) is 3.29. The predicted molar refractivity (Wildman–Crippen MR) is 51.3 cm³/mol. The third kappa shape index (κ3) is 4.33. The van der Waals surface area contributed by atoms with Crippen molar-refractivity contribution in [3.05, 3.63) is 0 Å². The summed E-state index contributed by atoms with van der Waals surface area (Å²) in [5.41, 5.74) is 0. The first kappa shape index (κ1) is 9.91. The van der Waals surface area contributed by atoms with Crippen LogP contribution in [0.4, 0.5) is 0 Å². The minimum absolute atomic E-state index is 0.231. The van der Waals surface area contributed by atoms with Gasteiger partial charge in [-0.15, -0.1) is 7.92 Å². The maximum Gasteiger partial charge on any atom is 0.00707 e. The Morgan fingerprint density at radius 2 is 1.78 bits per heavy atom. The Morgan fingerprint density at radius 1 is 1.33 bits per heavy atom. The molecule has 0 saturated carbocycles. The molecule has 0 radical (unpaired) electrons. The van der Waals surface area contributed by atoms with Gasteiger partial charge in [0, 0.05) is 5.33 Å². The van der Waals surface area contributed by atoms with Gasteiger partial charge in [0.1, 0.15) is 0 Å². The lowest BCUT2D eigenvalue weighted by Gasteiger charge is -2.27. The van der Waals surface area contributed by atoms with Crippen molar-refractivity contribution in [3.63, 3.8) is 0 Å². The van der Waals surface area contributed by atoms with E-state index in [1.54, 1.807) is 0 Å². The molecule has 56 valence electrons. The molecule has 0 heterocycles. The quantitative estimate of drug-likeness (QED) is 0.485. The molecule has 0 nitrogen and oxygen atoms in total. The molecule has 0 aliphatic rings. The van der Waals surface area contributed by atoms with Gasteiger partial charge in [-0.3, -0.25) is 0 Å². The molecule has 0 amide bonds. The van der Waals surface area contributed by atoms with E-state index in [1.807, 2.05) is 0 Å².